The van der Waals surface area contributed by atoms with E-state index in [0.717, 1.165) is 31.3 Å². The summed E-state index contributed by atoms with van der Waals surface area (Å²) in [6.45, 7) is 5.95. The van der Waals surface area contributed by atoms with Gasteiger partial charge in [0, 0.05) is 17.9 Å². The van der Waals surface area contributed by atoms with E-state index < -0.39 is 6.29 Å². The first-order valence-corrected chi connectivity index (χ1v) is 7.30. The molecule has 2 saturated carbocycles. The third-order valence-electron chi connectivity index (χ3n) is 5.68. The normalized spacial score (nSPS) is 49.7. The Kier molecular flexibility index (Phi) is 3.25. The van der Waals surface area contributed by atoms with Crippen molar-refractivity contribution in [2.24, 2.45) is 23.2 Å². The largest absolute Gasteiger partial charge is 0.396 e. The van der Waals surface area contributed by atoms with Crippen molar-refractivity contribution >= 4 is 0 Å². The molecule has 1 heterocycles. The van der Waals surface area contributed by atoms with Crippen LogP contribution in [-0.2, 0) is 4.74 Å². The van der Waals surface area contributed by atoms with Gasteiger partial charge in [0.05, 0.1) is 12.2 Å². The Morgan fingerprint density at radius 3 is 2.89 bits per heavy atom. The number of fused-ring (bicyclic) bond motifs is 2. The fourth-order valence-electron chi connectivity index (χ4n) is 4.49. The van der Waals surface area contributed by atoms with Gasteiger partial charge in [-0.2, -0.15) is 0 Å². The first kappa shape index (κ1) is 13.6. The van der Waals surface area contributed by atoms with Crippen molar-refractivity contribution in [1.29, 1.82) is 0 Å². The van der Waals surface area contributed by atoms with Crippen molar-refractivity contribution in [3.8, 4) is 0 Å². The molecule has 3 rings (SSSR count). The lowest BCUT2D eigenvalue weighted by Gasteiger charge is -2.29. The molecule has 0 unspecified atom stereocenters. The van der Waals surface area contributed by atoms with Crippen molar-refractivity contribution in [3.05, 3.63) is 12.2 Å². The first-order chi connectivity index (χ1) is 8.99. The average Bonchev–Trinajstić information content (AvgIpc) is 2.91. The molecule has 0 radical (unpaired) electrons. The van der Waals surface area contributed by atoms with Gasteiger partial charge in [0.1, 0.15) is 0 Å². The summed E-state index contributed by atoms with van der Waals surface area (Å²) in [5, 5.41) is 28.9. The highest BCUT2D eigenvalue weighted by molar-refractivity contribution is 5.23. The van der Waals surface area contributed by atoms with Crippen molar-refractivity contribution in [3.63, 3.8) is 0 Å². The molecule has 7 atom stereocenters. The Bertz CT molecular complexity index is 380. The van der Waals surface area contributed by atoms with E-state index in [1.54, 1.807) is 0 Å². The third-order valence-corrected chi connectivity index (χ3v) is 5.68. The van der Waals surface area contributed by atoms with Gasteiger partial charge in [-0.1, -0.05) is 6.58 Å². The van der Waals surface area contributed by atoms with Crippen molar-refractivity contribution < 1.29 is 20.1 Å². The van der Waals surface area contributed by atoms with E-state index in [4.69, 9.17) is 4.74 Å². The van der Waals surface area contributed by atoms with Crippen LogP contribution < -0.4 is 0 Å². The highest BCUT2D eigenvalue weighted by Crippen LogP contribution is 2.70. The van der Waals surface area contributed by atoms with Gasteiger partial charge in [0.15, 0.2) is 6.29 Å². The fraction of sp³-hybridized carbons (Fsp3) is 0.867. The zero-order chi connectivity index (χ0) is 13.8. The maximum absolute atomic E-state index is 9.78. The van der Waals surface area contributed by atoms with E-state index in [1.165, 1.54) is 0 Å². The van der Waals surface area contributed by atoms with Crippen LogP contribution in [0.15, 0.2) is 12.2 Å². The molecule has 0 bridgehead atoms. The van der Waals surface area contributed by atoms with Crippen molar-refractivity contribution in [2.75, 3.05) is 6.61 Å². The minimum Gasteiger partial charge on any atom is -0.396 e. The average molecular weight is 268 g/mol. The van der Waals surface area contributed by atoms with Crippen LogP contribution in [0.3, 0.4) is 0 Å². The summed E-state index contributed by atoms with van der Waals surface area (Å²) in [7, 11) is 0. The molecule has 0 aromatic heterocycles. The molecular weight excluding hydrogens is 244 g/mol. The van der Waals surface area contributed by atoms with Crippen LogP contribution >= 0.6 is 0 Å². The SMILES string of the molecule is C=C1[C@H]2C[C@H]3[C@H](CC[C@H](C)O)[C@@]3(CO)C[C@H]2O[C@@H]1O. The molecule has 3 aliphatic rings. The molecule has 2 aliphatic carbocycles. The van der Waals surface area contributed by atoms with E-state index >= 15 is 0 Å². The van der Waals surface area contributed by atoms with Gasteiger partial charge in [-0.05, 0) is 50.0 Å². The molecule has 0 amide bonds. The van der Waals surface area contributed by atoms with Crippen LogP contribution in [0.1, 0.15) is 32.6 Å². The third kappa shape index (κ3) is 1.97. The molecule has 4 nitrogen and oxygen atoms in total. The van der Waals surface area contributed by atoms with Crippen LogP contribution in [0.5, 0.6) is 0 Å². The number of hydrogen-bond donors (Lipinski definition) is 3. The highest BCUT2D eigenvalue weighted by atomic mass is 16.6. The Balaban J connectivity index is 1.70. The smallest absolute Gasteiger partial charge is 0.177 e. The van der Waals surface area contributed by atoms with Crippen LogP contribution in [0.2, 0.25) is 0 Å². The van der Waals surface area contributed by atoms with Gasteiger partial charge >= 0.3 is 0 Å². The van der Waals surface area contributed by atoms with E-state index in [0.29, 0.717) is 11.8 Å². The monoisotopic (exact) mass is 268 g/mol. The number of hydrogen-bond acceptors (Lipinski definition) is 4. The lowest BCUT2D eigenvalue weighted by molar-refractivity contribution is -0.0957. The molecule has 3 fully saturated rings. The maximum atomic E-state index is 9.78. The Hall–Kier alpha value is -0.420. The quantitative estimate of drug-likeness (QED) is 0.667. The van der Waals surface area contributed by atoms with Gasteiger partial charge in [0.2, 0.25) is 0 Å². The van der Waals surface area contributed by atoms with Gasteiger partial charge in [0.25, 0.3) is 0 Å². The number of rotatable bonds is 4. The van der Waals surface area contributed by atoms with Crippen LogP contribution in [0.4, 0.5) is 0 Å². The van der Waals surface area contributed by atoms with E-state index in [9.17, 15) is 15.3 Å². The standard InChI is InChI=1S/C15H24O4/c1-8(17)3-4-11-12-5-10-9(2)14(18)19-13(10)6-15(11,12)7-16/h8,10-14,16-18H,2-7H2,1H3/t8-,10+,11-,12-,13+,14-,15-/m0/s1. The lowest BCUT2D eigenvalue weighted by Crippen LogP contribution is -2.30. The van der Waals surface area contributed by atoms with Gasteiger partial charge in [-0.15, -0.1) is 0 Å². The summed E-state index contributed by atoms with van der Waals surface area (Å²) in [5.74, 6) is 1.24. The van der Waals surface area contributed by atoms with Crippen LogP contribution in [0.25, 0.3) is 0 Å². The molecule has 108 valence electrons. The minimum absolute atomic E-state index is 0.0162. The second-order valence-electron chi connectivity index (χ2n) is 6.68. The van der Waals surface area contributed by atoms with Crippen LogP contribution in [0, 0.1) is 23.2 Å². The Morgan fingerprint density at radius 1 is 1.53 bits per heavy atom. The summed E-state index contributed by atoms with van der Waals surface area (Å²) >= 11 is 0. The summed E-state index contributed by atoms with van der Waals surface area (Å²) in [5.41, 5.74) is 0.776. The molecule has 0 spiro atoms. The van der Waals surface area contributed by atoms with Crippen molar-refractivity contribution in [1.82, 2.24) is 0 Å². The summed E-state index contributed by atoms with van der Waals surface area (Å²) in [6.07, 6.45) is 2.47. The molecule has 4 heteroatoms. The van der Waals surface area contributed by atoms with Crippen molar-refractivity contribution in [2.45, 2.75) is 51.1 Å². The predicted molar refractivity (Wildman–Crippen MR) is 70.2 cm³/mol. The van der Waals surface area contributed by atoms with Gasteiger partial charge in [-0.3, -0.25) is 0 Å². The second kappa shape index (κ2) is 4.55. The van der Waals surface area contributed by atoms with E-state index in [-0.39, 0.29) is 30.1 Å². The van der Waals surface area contributed by atoms with Gasteiger partial charge in [-0.25, -0.2) is 0 Å². The Labute approximate surface area is 114 Å². The predicted octanol–water partition coefficient (Wildman–Crippen LogP) is 1.06. The molecular formula is C15H24O4. The van der Waals surface area contributed by atoms with Gasteiger partial charge < -0.3 is 20.1 Å². The number of ether oxygens (including phenoxy) is 1. The number of aliphatic hydroxyl groups is 3. The van der Waals surface area contributed by atoms with Crippen LogP contribution in [-0.4, -0.2) is 40.4 Å². The maximum Gasteiger partial charge on any atom is 0.177 e. The summed E-state index contributed by atoms with van der Waals surface area (Å²) < 4.78 is 5.57. The fourth-order valence-corrected chi connectivity index (χ4v) is 4.49. The Morgan fingerprint density at radius 2 is 2.26 bits per heavy atom. The highest BCUT2D eigenvalue weighted by Gasteiger charge is 2.68. The van der Waals surface area contributed by atoms with E-state index in [1.807, 2.05) is 6.92 Å². The molecule has 0 aromatic carbocycles. The minimum atomic E-state index is -0.820. The second-order valence-corrected chi connectivity index (χ2v) is 6.68. The van der Waals surface area contributed by atoms with E-state index in [2.05, 4.69) is 6.58 Å². The lowest BCUT2D eigenvalue weighted by atomic mass is 9.78. The molecule has 1 saturated heterocycles. The first-order valence-electron chi connectivity index (χ1n) is 7.30. The topological polar surface area (TPSA) is 69.9 Å². The zero-order valence-corrected chi connectivity index (χ0v) is 11.5. The zero-order valence-electron chi connectivity index (χ0n) is 11.5. The summed E-state index contributed by atoms with van der Waals surface area (Å²) in [4.78, 5) is 0. The number of aliphatic hydroxyl groups excluding tert-OH is 3. The molecule has 0 aromatic rings. The molecule has 19 heavy (non-hydrogen) atoms. The molecule has 1 aliphatic heterocycles. The molecule has 3 N–H and O–H groups in total. The summed E-state index contributed by atoms with van der Waals surface area (Å²) in [6, 6.07) is 0.